The maximum Gasteiger partial charge on any atom is 0.219 e. The molecule has 2 amide bonds. The molecule has 0 rings (SSSR count). The van der Waals surface area contributed by atoms with E-state index in [0.717, 1.165) is 0 Å². The van der Waals surface area contributed by atoms with E-state index in [1.54, 1.807) is 13.8 Å². The highest BCUT2D eigenvalue weighted by atomic mass is 16.5. The minimum atomic E-state index is 0. The van der Waals surface area contributed by atoms with Gasteiger partial charge in [-0.3, -0.25) is 9.59 Å². The van der Waals surface area contributed by atoms with Crippen molar-refractivity contribution in [1.82, 2.24) is 10.6 Å². The molecule has 0 saturated heterocycles. The van der Waals surface area contributed by atoms with Crippen molar-refractivity contribution >= 4 is 11.8 Å². The van der Waals surface area contributed by atoms with Crippen LogP contribution < -0.4 is 10.6 Å². The van der Waals surface area contributed by atoms with Gasteiger partial charge in [-0.25, -0.2) is 0 Å². The molecule has 0 aromatic rings. The fraction of sp³-hybridized carbons (Fsp3) is 0.789. The van der Waals surface area contributed by atoms with Crippen molar-refractivity contribution in [2.75, 3.05) is 39.5 Å². The summed E-state index contributed by atoms with van der Waals surface area (Å²) in [6.45, 7) is 14.9. The second-order valence-electron chi connectivity index (χ2n) is 5.01. The molecule has 0 unspecified atom stereocenters. The summed E-state index contributed by atoms with van der Waals surface area (Å²) >= 11 is 0. The number of allylic oxidation sites excluding steroid dienone is 2. The van der Waals surface area contributed by atoms with Crippen LogP contribution >= 0.6 is 0 Å². The van der Waals surface area contributed by atoms with Crippen LogP contribution in [0, 0.1) is 0 Å². The Labute approximate surface area is 157 Å². The van der Waals surface area contributed by atoms with Crippen molar-refractivity contribution in [2.45, 2.75) is 60.8 Å². The van der Waals surface area contributed by atoms with Gasteiger partial charge in [0.15, 0.2) is 0 Å². The Morgan fingerprint density at radius 2 is 1.08 bits per heavy atom. The zero-order valence-corrected chi connectivity index (χ0v) is 17.2. The van der Waals surface area contributed by atoms with Gasteiger partial charge in [-0.1, -0.05) is 46.3 Å². The quantitative estimate of drug-likeness (QED) is 0.434. The van der Waals surface area contributed by atoms with E-state index < -0.39 is 0 Å². The first-order valence-corrected chi connectivity index (χ1v) is 9.29. The Kier molecular flexibility index (Phi) is 31.2. The molecule has 0 aliphatic carbocycles. The zero-order valence-electron chi connectivity index (χ0n) is 17.2. The lowest BCUT2D eigenvalue weighted by Crippen LogP contribution is -2.27. The molecule has 0 radical (unpaired) electrons. The predicted octanol–water partition coefficient (Wildman–Crippen LogP) is 3.56. The highest BCUT2D eigenvalue weighted by molar-refractivity contribution is 5.75. The number of amides is 2. The van der Waals surface area contributed by atoms with Crippen LogP contribution in [0.25, 0.3) is 0 Å². The third-order valence-corrected chi connectivity index (χ3v) is 2.48. The summed E-state index contributed by atoms with van der Waals surface area (Å²) in [6, 6.07) is 0. The molecule has 2 N–H and O–H groups in total. The molecule has 0 aliphatic heterocycles. The summed E-state index contributed by atoms with van der Waals surface area (Å²) in [5.74, 6) is 0.0584. The highest BCUT2D eigenvalue weighted by Crippen LogP contribution is 1.80. The van der Waals surface area contributed by atoms with Crippen LogP contribution in [0.3, 0.4) is 0 Å². The topological polar surface area (TPSA) is 76.7 Å². The minimum Gasteiger partial charge on any atom is -0.377 e. The molecule has 0 spiro atoms. The molecule has 0 atom stereocenters. The molecule has 0 fully saturated rings. The van der Waals surface area contributed by atoms with Crippen LogP contribution in [0.1, 0.15) is 63.7 Å². The van der Waals surface area contributed by atoms with Gasteiger partial charge in [0.05, 0.1) is 26.4 Å². The number of nitrogens with one attached hydrogen (secondary N) is 2. The fourth-order valence-corrected chi connectivity index (χ4v) is 1.10. The first-order chi connectivity index (χ1) is 12.0. The predicted molar refractivity (Wildman–Crippen MR) is 109 cm³/mol. The second kappa shape index (κ2) is 27.4. The second-order valence-corrected chi connectivity index (χ2v) is 5.01. The average molecular weight is 365 g/mol. The smallest absolute Gasteiger partial charge is 0.219 e. The Bertz CT molecular complexity index is 290. The largest absolute Gasteiger partial charge is 0.377 e. The molecule has 154 valence electrons. The Morgan fingerprint density at radius 1 is 0.760 bits per heavy atom. The van der Waals surface area contributed by atoms with Crippen LogP contribution in [-0.2, 0) is 19.1 Å². The first-order valence-electron chi connectivity index (χ1n) is 9.29. The summed E-state index contributed by atoms with van der Waals surface area (Å²) < 4.78 is 10.5. The van der Waals surface area contributed by atoms with Gasteiger partial charge in [-0.15, -0.1) is 0 Å². The Balaban J connectivity index is -0.000000154. The SMILES string of the molecule is CC=CC.CCC.CCC(=O)NCCOCCOCCNC(=O)CC.[HH].[HH]. The third-order valence-electron chi connectivity index (χ3n) is 2.48. The molecule has 0 aromatic carbocycles. The van der Waals surface area contributed by atoms with Gasteiger partial charge in [-0.2, -0.15) is 0 Å². The normalized spacial score (nSPS) is 9.52. The fourth-order valence-electron chi connectivity index (χ4n) is 1.10. The Hall–Kier alpha value is -1.40. The van der Waals surface area contributed by atoms with Crippen LogP contribution in [0.15, 0.2) is 12.2 Å². The van der Waals surface area contributed by atoms with Gasteiger partial charge in [-0.05, 0) is 13.8 Å². The van der Waals surface area contributed by atoms with Gasteiger partial charge in [0.1, 0.15) is 0 Å². The molecule has 0 saturated carbocycles. The van der Waals surface area contributed by atoms with Crippen molar-refractivity contribution in [3.63, 3.8) is 0 Å². The molecule has 0 aromatic heterocycles. The molecule has 25 heavy (non-hydrogen) atoms. The number of rotatable bonds is 11. The maximum atomic E-state index is 10.9. The summed E-state index contributed by atoms with van der Waals surface area (Å²) in [5.41, 5.74) is 0. The molecule has 0 heterocycles. The summed E-state index contributed by atoms with van der Waals surface area (Å²) in [7, 11) is 0. The molecular weight excluding hydrogens is 320 g/mol. The lowest BCUT2D eigenvalue weighted by Gasteiger charge is -2.07. The highest BCUT2D eigenvalue weighted by Gasteiger charge is 1.96. The molecule has 6 heteroatoms. The zero-order chi connectivity index (χ0) is 19.8. The van der Waals surface area contributed by atoms with Crippen molar-refractivity contribution in [3.8, 4) is 0 Å². The number of hydrogen-bond acceptors (Lipinski definition) is 4. The van der Waals surface area contributed by atoms with Crippen LogP contribution in [0.2, 0.25) is 0 Å². The van der Waals surface area contributed by atoms with Crippen molar-refractivity contribution in [2.24, 2.45) is 0 Å². The summed E-state index contributed by atoms with van der Waals surface area (Å²) in [4.78, 5) is 21.7. The van der Waals surface area contributed by atoms with Gasteiger partial charge >= 0.3 is 0 Å². The third kappa shape index (κ3) is 34.8. The van der Waals surface area contributed by atoms with Crippen LogP contribution in [0.4, 0.5) is 0 Å². The average Bonchev–Trinajstić information content (AvgIpc) is 2.63. The molecule has 0 aliphatic rings. The standard InChI is InChI=1S/C12H24N2O4.C4H8.C3H8.2H2/c1-3-11(15)13-5-7-17-9-10-18-8-6-14-12(16)4-2;1-3-4-2;1-3-2;;/h3-10H2,1-2H3,(H,13,15)(H,14,16);3-4H,1-2H3;3H2,1-2H3;2*1H. The van der Waals surface area contributed by atoms with Crippen LogP contribution in [0.5, 0.6) is 0 Å². The maximum absolute atomic E-state index is 10.9. The Morgan fingerprint density at radius 3 is 1.32 bits per heavy atom. The van der Waals surface area contributed by atoms with Gasteiger partial charge in [0.2, 0.25) is 11.8 Å². The molecule has 6 nitrogen and oxygen atoms in total. The number of carbonyl (C=O) groups is 2. The van der Waals surface area contributed by atoms with Gasteiger partial charge in [0, 0.05) is 28.8 Å². The number of ether oxygens (including phenoxy) is 2. The first kappa shape index (κ1) is 28.4. The van der Waals surface area contributed by atoms with Crippen LogP contribution in [-0.4, -0.2) is 51.3 Å². The van der Waals surface area contributed by atoms with E-state index in [1.165, 1.54) is 6.42 Å². The van der Waals surface area contributed by atoms with E-state index in [4.69, 9.17) is 9.47 Å². The van der Waals surface area contributed by atoms with E-state index in [-0.39, 0.29) is 14.7 Å². The van der Waals surface area contributed by atoms with E-state index in [1.807, 2.05) is 26.0 Å². The van der Waals surface area contributed by atoms with Crippen molar-refractivity contribution < 1.29 is 21.9 Å². The lowest BCUT2D eigenvalue weighted by atomic mass is 10.4. The van der Waals surface area contributed by atoms with E-state index in [2.05, 4.69) is 24.5 Å². The van der Waals surface area contributed by atoms with E-state index >= 15 is 0 Å². The van der Waals surface area contributed by atoms with Crippen molar-refractivity contribution in [1.29, 1.82) is 0 Å². The molecule has 0 bridgehead atoms. The van der Waals surface area contributed by atoms with Crippen molar-refractivity contribution in [3.05, 3.63) is 12.2 Å². The van der Waals surface area contributed by atoms with E-state index in [0.29, 0.717) is 52.4 Å². The summed E-state index contributed by atoms with van der Waals surface area (Å²) in [5, 5.41) is 5.42. The lowest BCUT2D eigenvalue weighted by molar-refractivity contribution is -0.122. The molecular formula is C19H44N2O4. The summed E-state index contributed by atoms with van der Waals surface area (Å²) in [6.07, 6.45) is 6.24. The number of carbonyl (C=O) groups excluding carboxylic acids is 2. The van der Waals surface area contributed by atoms with Gasteiger partial charge < -0.3 is 20.1 Å². The van der Waals surface area contributed by atoms with E-state index in [9.17, 15) is 9.59 Å². The monoisotopic (exact) mass is 364 g/mol. The minimum absolute atomic E-state index is 0. The number of hydrogen-bond donors (Lipinski definition) is 2. The van der Waals surface area contributed by atoms with Gasteiger partial charge in [0.25, 0.3) is 0 Å².